The zero-order valence-electron chi connectivity index (χ0n) is 14.0. The minimum atomic E-state index is -1.46. The number of carbonyl (C=O) groups excluding carboxylic acids is 2. The van der Waals surface area contributed by atoms with Gasteiger partial charge in [0, 0.05) is 6.42 Å². The Kier molecular flexibility index (Phi) is 10.1. The van der Waals surface area contributed by atoms with Gasteiger partial charge in [0.25, 0.3) is 0 Å². The quantitative estimate of drug-likeness (QED) is 0.443. The van der Waals surface area contributed by atoms with E-state index < -0.39 is 24.1 Å². The number of rotatable bonds is 11. The lowest BCUT2D eigenvalue weighted by Gasteiger charge is -2.30. The molecule has 6 nitrogen and oxygen atoms in total. The third kappa shape index (κ3) is 7.90. The average molecular weight is 330 g/mol. The smallest absolute Gasteiger partial charge is 0.305 e. The summed E-state index contributed by atoms with van der Waals surface area (Å²) in [6.07, 6.45) is 5.94. The van der Waals surface area contributed by atoms with Crippen LogP contribution in [-0.4, -0.2) is 53.5 Å². The van der Waals surface area contributed by atoms with Crippen molar-refractivity contribution in [1.82, 2.24) is 0 Å². The fourth-order valence-electron chi connectivity index (χ4n) is 2.56. The highest BCUT2D eigenvalue weighted by Crippen LogP contribution is 2.14. The number of hydrogen-bond donors (Lipinski definition) is 2. The Morgan fingerprint density at radius 2 is 1.74 bits per heavy atom. The number of esters is 1. The Hall–Kier alpha value is -0.980. The van der Waals surface area contributed by atoms with Crippen LogP contribution >= 0.6 is 0 Å². The maximum Gasteiger partial charge on any atom is 0.305 e. The number of unbranched alkanes of at least 4 members (excludes halogenated alkanes) is 7. The molecule has 134 valence electrons. The Balaban J connectivity index is 2.03. The molecule has 0 amide bonds. The van der Waals surface area contributed by atoms with E-state index in [1.165, 1.54) is 32.1 Å². The predicted molar refractivity (Wildman–Crippen MR) is 84.9 cm³/mol. The normalized spacial score (nSPS) is 24.7. The molecule has 1 fully saturated rings. The van der Waals surface area contributed by atoms with Crippen LogP contribution in [0.3, 0.4) is 0 Å². The number of ketones is 1. The van der Waals surface area contributed by atoms with Crippen LogP contribution in [0.4, 0.5) is 0 Å². The van der Waals surface area contributed by atoms with Crippen molar-refractivity contribution in [3.63, 3.8) is 0 Å². The number of aliphatic hydroxyl groups is 2. The highest BCUT2D eigenvalue weighted by molar-refractivity contribution is 5.85. The standard InChI is InChI=1S/C17H30O6/c1-2-3-4-5-6-7-8-9-10-15(19)23-12-14-17(21)16(20)13(18)11-22-14/h14,16-17,20-21H,2-12H2,1H3/t14-,16-,17-/m1/s1. The van der Waals surface area contributed by atoms with Crippen molar-refractivity contribution in [3.05, 3.63) is 0 Å². The molecule has 0 saturated carbocycles. The van der Waals surface area contributed by atoms with Gasteiger partial charge in [-0.1, -0.05) is 51.9 Å². The van der Waals surface area contributed by atoms with Crippen molar-refractivity contribution < 1.29 is 29.3 Å². The van der Waals surface area contributed by atoms with Gasteiger partial charge in [-0.05, 0) is 6.42 Å². The lowest BCUT2D eigenvalue weighted by Crippen LogP contribution is -2.52. The first-order valence-electron chi connectivity index (χ1n) is 8.72. The Bertz CT molecular complexity index is 357. The fraction of sp³-hybridized carbons (Fsp3) is 0.882. The molecule has 23 heavy (non-hydrogen) atoms. The van der Waals surface area contributed by atoms with Gasteiger partial charge in [0.05, 0.1) is 0 Å². The molecule has 1 heterocycles. The third-order valence-corrected chi connectivity index (χ3v) is 4.12. The second-order valence-electron chi connectivity index (χ2n) is 6.16. The maximum atomic E-state index is 11.6. The topological polar surface area (TPSA) is 93.1 Å². The summed E-state index contributed by atoms with van der Waals surface area (Å²) >= 11 is 0. The van der Waals surface area contributed by atoms with Crippen LogP contribution in [0.2, 0.25) is 0 Å². The Morgan fingerprint density at radius 3 is 2.39 bits per heavy atom. The van der Waals surface area contributed by atoms with Gasteiger partial charge in [-0.3, -0.25) is 9.59 Å². The number of carbonyl (C=O) groups is 2. The second-order valence-corrected chi connectivity index (χ2v) is 6.16. The van der Waals surface area contributed by atoms with Gasteiger partial charge in [0.2, 0.25) is 0 Å². The zero-order chi connectivity index (χ0) is 17.1. The molecule has 0 unspecified atom stereocenters. The molecule has 0 spiro atoms. The van der Waals surface area contributed by atoms with Gasteiger partial charge in [0.1, 0.15) is 31.5 Å². The van der Waals surface area contributed by atoms with Gasteiger partial charge >= 0.3 is 5.97 Å². The second kappa shape index (κ2) is 11.5. The van der Waals surface area contributed by atoms with E-state index in [2.05, 4.69) is 6.92 Å². The lowest BCUT2D eigenvalue weighted by atomic mass is 10.0. The number of Topliss-reactive ketones (excluding diaryl/α,β-unsaturated/α-hetero) is 1. The van der Waals surface area contributed by atoms with Crippen molar-refractivity contribution in [2.45, 2.75) is 83.0 Å². The van der Waals surface area contributed by atoms with Gasteiger partial charge in [-0.2, -0.15) is 0 Å². The minimum absolute atomic E-state index is 0.138. The zero-order valence-corrected chi connectivity index (χ0v) is 14.0. The average Bonchev–Trinajstić information content (AvgIpc) is 2.54. The minimum Gasteiger partial charge on any atom is -0.463 e. The molecule has 0 aromatic rings. The molecular formula is C17H30O6. The van der Waals surface area contributed by atoms with Gasteiger partial charge in [0.15, 0.2) is 5.78 Å². The van der Waals surface area contributed by atoms with Crippen LogP contribution in [0.1, 0.15) is 64.7 Å². The fourth-order valence-corrected chi connectivity index (χ4v) is 2.56. The van der Waals surface area contributed by atoms with E-state index in [1.807, 2.05) is 0 Å². The van der Waals surface area contributed by atoms with Crippen molar-refractivity contribution in [2.24, 2.45) is 0 Å². The van der Waals surface area contributed by atoms with Crippen LogP contribution in [0.25, 0.3) is 0 Å². The van der Waals surface area contributed by atoms with Crippen molar-refractivity contribution in [2.75, 3.05) is 13.2 Å². The first-order valence-corrected chi connectivity index (χ1v) is 8.72. The summed E-state index contributed by atoms with van der Waals surface area (Å²) in [5.41, 5.74) is 0. The SMILES string of the molecule is CCCCCCCCCCC(=O)OC[C@H]1OCC(=O)[C@@H](O)[C@@H]1O. The molecule has 6 heteroatoms. The largest absolute Gasteiger partial charge is 0.463 e. The molecule has 0 aromatic heterocycles. The maximum absolute atomic E-state index is 11.6. The van der Waals surface area contributed by atoms with E-state index in [9.17, 15) is 19.8 Å². The summed E-state index contributed by atoms with van der Waals surface area (Å²) in [7, 11) is 0. The third-order valence-electron chi connectivity index (χ3n) is 4.12. The van der Waals surface area contributed by atoms with Crippen molar-refractivity contribution >= 4 is 11.8 Å². The van der Waals surface area contributed by atoms with Crippen molar-refractivity contribution in [3.8, 4) is 0 Å². The highest BCUT2D eigenvalue weighted by atomic mass is 16.6. The van der Waals surface area contributed by atoms with E-state index in [4.69, 9.17) is 9.47 Å². The lowest BCUT2D eigenvalue weighted by molar-refractivity contribution is -0.177. The van der Waals surface area contributed by atoms with E-state index in [0.717, 1.165) is 19.3 Å². The first-order chi connectivity index (χ1) is 11.1. The number of hydrogen-bond acceptors (Lipinski definition) is 6. The molecular weight excluding hydrogens is 300 g/mol. The summed E-state index contributed by atoms with van der Waals surface area (Å²) in [5, 5.41) is 19.1. The molecule has 1 rings (SSSR count). The molecule has 2 N–H and O–H groups in total. The summed E-state index contributed by atoms with van der Waals surface area (Å²) in [5.74, 6) is -0.891. The number of aliphatic hydroxyl groups excluding tert-OH is 2. The Labute approximate surface area is 138 Å². The summed E-state index contributed by atoms with van der Waals surface area (Å²) in [6.45, 7) is 1.79. The molecule has 0 radical (unpaired) electrons. The van der Waals surface area contributed by atoms with E-state index in [-0.39, 0.29) is 19.2 Å². The van der Waals surface area contributed by atoms with Crippen LogP contribution in [0.5, 0.6) is 0 Å². The van der Waals surface area contributed by atoms with Gasteiger partial charge in [-0.15, -0.1) is 0 Å². The molecule has 1 saturated heterocycles. The van der Waals surface area contributed by atoms with Crippen LogP contribution in [-0.2, 0) is 19.1 Å². The van der Waals surface area contributed by atoms with Crippen LogP contribution in [0, 0.1) is 0 Å². The van der Waals surface area contributed by atoms with Crippen LogP contribution in [0.15, 0.2) is 0 Å². The molecule has 0 aromatic carbocycles. The van der Waals surface area contributed by atoms with E-state index >= 15 is 0 Å². The van der Waals surface area contributed by atoms with Gasteiger partial charge in [-0.25, -0.2) is 0 Å². The van der Waals surface area contributed by atoms with Gasteiger partial charge < -0.3 is 19.7 Å². The highest BCUT2D eigenvalue weighted by Gasteiger charge is 2.37. The molecule has 3 atom stereocenters. The number of ether oxygens (including phenoxy) is 2. The first kappa shape index (κ1) is 20.1. The van der Waals surface area contributed by atoms with Crippen molar-refractivity contribution in [1.29, 1.82) is 0 Å². The summed E-state index contributed by atoms with van der Waals surface area (Å²) in [6, 6.07) is 0. The molecule has 1 aliphatic heterocycles. The molecule has 0 aliphatic carbocycles. The molecule has 1 aliphatic rings. The monoisotopic (exact) mass is 330 g/mol. The Morgan fingerprint density at radius 1 is 1.13 bits per heavy atom. The molecule has 0 bridgehead atoms. The van der Waals surface area contributed by atoms with Crippen LogP contribution < -0.4 is 0 Å². The summed E-state index contributed by atoms with van der Waals surface area (Å²) in [4.78, 5) is 22.8. The predicted octanol–water partition coefficient (Wildman–Crippen LogP) is 1.75. The summed E-state index contributed by atoms with van der Waals surface area (Å²) < 4.78 is 10.1. The van der Waals surface area contributed by atoms with E-state index in [1.54, 1.807) is 0 Å². The van der Waals surface area contributed by atoms with E-state index in [0.29, 0.717) is 6.42 Å².